The molecule has 0 atom stereocenters. The molecule has 2 fully saturated rings. The summed E-state index contributed by atoms with van der Waals surface area (Å²) in [7, 11) is 0. The van der Waals surface area contributed by atoms with Crippen LogP contribution in [-0.4, -0.2) is 53.2 Å². The SMILES string of the molecule is CCN(CCNC(=O)NC1(CC(=O)O)CCCC1)C1CC1. The molecule has 0 aliphatic heterocycles. The maximum Gasteiger partial charge on any atom is 0.315 e. The number of carboxylic acids is 1. The highest BCUT2D eigenvalue weighted by Gasteiger charge is 2.37. The third kappa shape index (κ3) is 4.88. The number of carboxylic acid groups (broad SMARTS) is 1. The Morgan fingerprint density at radius 2 is 1.95 bits per heavy atom. The van der Waals surface area contributed by atoms with Gasteiger partial charge in [0.05, 0.1) is 12.0 Å². The largest absolute Gasteiger partial charge is 0.481 e. The van der Waals surface area contributed by atoms with E-state index < -0.39 is 11.5 Å². The minimum Gasteiger partial charge on any atom is -0.481 e. The van der Waals surface area contributed by atoms with Gasteiger partial charge >= 0.3 is 12.0 Å². The molecule has 0 bridgehead atoms. The fourth-order valence-electron chi connectivity index (χ4n) is 3.32. The van der Waals surface area contributed by atoms with Gasteiger partial charge in [-0.25, -0.2) is 4.79 Å². The van der Waals surface area contributed by atoms with Crippen LogP contribution >= 0.6 is 0 Å². The topological polar surface area (TPSA) is 81.7 Å². The van der Waals surface area contributed by atoms with Crippen LogP contribution in [0.25, 0.3) is 0 Å². The molecule has 0 heterocycles. The van der Waals surface area contributed by atoms with E-state index in [1.54, 1.807) is 0 Å². The number of hydrogen-bond donors (Lipinski definition) is 3. The van der Waals surface area contributed by atoms with E-state index in [1.807, 2.05) is 0 Å². The number of aliphatic carboxylic acids is 1. The number of carbonyl (C=O) groups is 2. The van der Waals surface area contributed by atoms with Crippen molar-refractivity contribution in [2.45, 2.75) is 63.5 Å². The summed E-state index contributed by atoms with van der Waals surface area (Å²) in [6, 6.07) is 0.470. The number of hydrogen-bond acceptors (Lipinski definition) is 3. The maximum absolute atomic E-state index is 12.0. The van der Waals surface area contributed by atoms with Crippen molar-refractivity contribution < 1.29 is 14.7 Å². The van der Waals surface area contributed by atoms with E-state index >= 15 is 0 Å². The van der Waals surface area contributed by atoms with Crippen LogP contribution in [0.15, 0.2) is 0 Å². The van der Waals surface area contributed by atoms with Gasteiger partial charge in [-0.2, -0.15) is 0 Å². The summed E-state index contributed by atoms with van der Waals surface area (Å²) in [4.78, 5) is 25.4. The molecular formula is C15H27N3O3. The highest BCUT2D eigenvalue weighted by Crippen LogP contribution is 2.32. The van der Waals surface area contributed by atoms with E-state index in [-0.39, 0.29) is 12.5 Å². The van der Waals surface area contributed by atoms with Gasteiger partial charge in [0.15, 0.2) is 0 Å². The molecule has 2 amide bonds. The van der Waals surface area contributed by atoms with E-state index in [1.165, 1.54) is 12.8 Å². The zero-order valence-electron chi connectivity index (χ0n) is 12.9. The van der Waals surface area contributed by atoms with Gasteiger partial charge in [-0.15, -0.1) is 0 Å². The van der Waals surface area contributed by atoms with Gasteiger partial charge in [-0.1, -0.05) is 19.8 Å². The molecule has 3 N–H and O–H groups in total. The monoisotopic (exact) mass is 297 g/mol. The average molecular weight is 297 g/mol. The number of nitrogens with zero attached hydrogens (tertiary/aromatic N) is 1. The van der Waals surface area contributed by atoms with Crippen LogP contribution in [0.3, 0.4) is 0 Å². The molecule has 2 saturated carbocycles. The first kappa shape index (κ1) is 16.1. The lowest BCUT2D eigenvalue weighted by Crippen LogP contribution is -2.52. The van der Waals surface area contributed by atoms with E-state index in [4.69, 9.17) is 5.11 Å². The number of carbonyl (C=O) groups excluding carboxylic acids is 1. The van der Waals surface area contributed by atoms with Crippen LogP contribution in [0.4, 0.5) is 4.79 Å². The second-order valence-corrected chi connectivity index (χ2v) is 6.30. The lowest BCUT2D eigenvalue weighted by molar-refractivity contribution is -0.138. The number of likely N-dealkylation sites (N-methyl/N-ethyl adjacent to an activating group) is 1. The predicted molar refractivity (Wildman–Crippen MR) is 80.3 cm³/mol. The van der Waals surface area contributed by atoms with Crippen molar-refractivity contribution in [2.75, 3.05) is 19.6 Å². The Morgan fingerprint density at radius 1 is 1.29 bits per heavy atom. The third-order valence-corrected chi connectivity index (χ3v) is 4.58. The first-order chi connectivity index (χ1) is 10.0. The van der Waals surface area contributed by atoms with Crippen molar-refractivity contribution in [3.8, 4) is 0 Å². The predicted octanol–water partition coefficient (Wildman–Crippen LogP) is 1.56. The van der Waals surface area contributed by atoms with Crippen molar-refractivity contribution in [2.24, 2.45) is 0 Å². The molecule has 21 heavy (non-hydrogen) atoms. The second kappa shape index (κ2) is 7.11. The highest BCUT2D eigenvalue weighted by molar-refractivity contribution is 5.76. The van der Waals surface area contributed by atoms with Gasteiger partial charge in [0.1, 0.15) is 0 Å². The maximum atomic E-state index is 12.0. The molecular weight excluding hydrogens is 270 g/mol. The van der Waals surface area contributed by atoms with Gasteiger partial charge in [0.25, 0.3) is 0 Å². The Balaban J connectivity index is 1.73. The summed E-state index contributed by atoms with van der Waals surface area (Å²) < 4.78 is 0. The van der Waals surface area contributed by atoms with E-state index in [0.29, 0.717) is 12.6 Å². The minimum atomic E-state index is -0.844. The zero-order valence-corrected chi connectivity index (χ0v) is 12.9. The Bertz CT molecular complexity index is 376. The molecule has 0 aromatic heterocycles. The van der Waals surface area contributed by atoms with Crippen molar-refractivity contribution in [1.29, 1.82) is 0 Å². The van der Waals surface area contributed by atoms with Crippen LogP contribution in [0.2, 0.25) is 0 Å². The van der Waals surface area contributed by atoms with Crippen molar-refractivity contribution in [3.05, 3.63) is 0 Å². The first-order valence-corrected chi connectivity index (χ1v) is 8.06. The van der Waals surface area contributed by atoms with Crippen LogP contribution in [0.1, 0.15) is 51.9 Å². The second-order valence-electron chi connectivity index (χ2n) is 6.30. The van der Waals surface area contributed by atoms with E-state index in [9.17, 15) is 9.59 Å². The summed E-state index contributed by atoms with van der Waals surface area (Å²) in [6.07, 6.45) is 6.04. The molecule has 2 aliphatic carbocycles. The van der Waals surface area contributed by atoms with Gasteiger partial charge in [0.2, 0.25) is 0 Å². The molecule has 0 spiro atoms. The van der Waals surface area contributed by atoms with Crippen LogP contribution < -0.4 is 10.6 Å². The molecule has 6 nitrogen and oxygen atoms in total. The first-order valence-electron chi connectivity index (χ1n) is 8.06. The van der Waals surface area contributed by atoms with Crippen molar-refractivity contribution in [1.82, 2.24) is 15.5 Å². The molecule has 0 saturated heterocycles. The third-order valence-electron chi connectivity index (χ3n) is 4.58. The van der Waals surface area contributed by atoms with Gasteiger partial charge in [-0.05, 0) is 32.2 Å². The molecule has 2 rings (SSSR count). The molecule has 0 unspecified atom stereocenters. The highest BCUT2D eigenvalue weighted by atomic mass is 16.4. The van der Waals surface area contributed by atoms with Crippen LogP contribution in [-0.2, 0) is 4.79 Å². The minimum absolute atomic E-state index is 0.0174. The van der Waals surface area contributed by atoms with Gasteiger partial charge < -0.3 is 15.7 Å². The molecule has 0 aromatic carbocycles. The summed E-state index contributed by atoms with van der Waals surface area (Å²) in [5, 5.41) is 14.8. The Kier molecular flexibility index (Phi) is 5.45. The number of amides is 2. The number of nitrogens with one attached hydrogen (secondary N) is 2. The summed E-state index contributed by atoms with van der Waals surface area (Å²) in [5.41, 5.74) is -0.545. The van der Waals surface area contributed by atoms with Crippen molar-refractivity contribution >= 4 is 12.0 Å². The van der Waals surface area contributed by atoms with Crippen molar-refractivity contribution in [3.63, 3.8) is 0 Å². The Hall–Kier alpha value is -1.30. The number of urea groups is 1. The van der Waals surface area contributed by atoms with Crippen LogP contribution in [0.5, 0.6) is 0 Å². The molecule has 0 radical (unpaired) electrons. The smallest absolute Gasteiger partial charge is 0.315 e. The molecule has 120 valence electrons. The zero-order chi connectivity index (χ0) is 15.3. The summed E-state index contributed by atoms with van der Waals surface area (Å²) in [6.45, 7) is 4.62. The molecule has 2 aliphatic rings. The molecule has 6 heteroatoms. The molecule has 0 aromatic rings. The van der Waals surface area contributed by atoms with Gasteiger partial charge in [0, 0.05) is 19.1 Å². The standard InChI is InChI=1S/C15H27N3O3/c1-2-18(12-5-6-12)10-9-16-14(21)17-15(11-13(19)20)7-3-4-8-15/h12H,2-11H2,1H3,(H,19,20)(H2,16,17,21). The fraction of sp³-hybridized carbons (Fsp3) is 0.867. The van der Waals surface area contributed by atoms with E-state index in [0.717, 1.165) is 38.8 Å². The number of rotatable bonds is 8. The fourth-order valence-corrected chi connectivity index (χ4v) is 3.32. The lowest BCUT2D eigenvalue weighted by atomic mass is 9.93. The van der Waals surface area contributed by atoms with Gasteiger partial charge in [-0.3, -0.25) is 9.69 Å². The van der Waals surface area contributed by atoms with E-state index in [2.05, 4.69) is 22.5 Å². The average Bonchev–Trinajstić information content (AvgIpc) is 3.16. The normalized spacial score (nSPS) is 20.5. The lowest BCUT2D eigenvalue weighted by Gasteiger charge is -2.29. The summed E-state index contributed by atoms with van der Waals surface area (Å²) >= 11 is 0. The van der Waals surface area contributed by atoms with Crippen LogP contribution in [0, 0.1) is 0 Å². The quantitative estimate of drug-likeness (QED) is 0.635. The summed E-state index contributed by atoms with van der Waals surface area (Å²) in [5.74, 6) is -0.844. The Morgan fingerprint density at radius 3 is 2.48 bits per heavy atom. The Labute approximate surface area is 126 Å².